The number of nitrogens with one attached hydrogen (secondary N) is 1. The van der Waals surface area contributed by atoms with Gasteiger partial charge in [-0.25, -0.2) is 0 Å². The van der Waals surface area contributed by atoms with Crippen LogP contribution in [0.2, 0.25) is 0 Å². The zero-order valence-electron chi connectivity index (χ0n) is 14.5. The molecule has 0 atom stereocenters. The monoisotopic (exact) mass is 321 g/mol. The number of rotatable bonds is 4. The van der Waals surface area contributed by atoms with E-state index in [2.05, 4.69) is 10.5 Å². The number of aromatic nitrogens is 1. The molecule has 0 aliphatic heterocycles. The van der Waals surface area contributed by atoms with Gasteiger partial charge in [0.25, 0.3) is 0 Å². The predicted octanol–water partition coefficient (Wildman–Crippen LogP) is 3.13. The van der Waals surface area contributed by atoms with Crippen LogP contribution in [-0.4, -0.2) is 34.5 Å². The Morgan fingerprint density at radius 1 is 1.30 bits per heavy atom. The molecule has 1 N–H and O–H groups in total. The normalized spacial score (nSPS) is 16.2. The number of aryl methyl sites for hydroxylation is 1. The van der Waals surface area contributed by atoms with Crippen LogP contribution < -0.4 is 5.32 Å². The molecule has 0 radical (unpaired) electrons. The van der Waals surface area contributed by atoms with Gasteiger partial charge in [-0.1, -0.05) is 45.2 Å². The summed E-state index contributed by atoms with van der Waals surface area (Å²) >= 11 is 0. The Labute approximate surface area is 137 Å². The van der Waals surface area contributed by atoms with Gasteiger partial charge in [-0.2, -0.15) is 0 Å². The van der Waals surface area contributed by atoms with E-state index in [1.165, 1.54) is 6.42 Å². The van der Waals surface area contributed by atoms with Crippen molar-refractivity contribution in [3.63, 3.8) is 0 Å². The molecule has 1 saturated carbocycles. The number of anilines is 1. The quantitative estimate of drug-likeness (QED) is 0.924. The van der Waals surface area contributed by atoms with Crippen molar-refractivity contribution in [1.82, 2.24) is 10.1 Å². The SMILES string of the molecule is Cc1cc(NC(=O)CN(C(=O)C(C)(C)C)C2CCCCC2)no1. The minimum absolute atomic E-state index is 0.0240. The Hall–Kier alpha value is -1.85. The number of amides is 2. The number of hydrogen-bond donors (Lipinski definition) is 1. The molecule has 0 aromatic carbocycles. The van der Waals surface area contributed by atoms with Gasteiger partial charge in [-0.3, -0.25) is 9.59 Å². The van der Waals surface area contributed by atoms with Gasteiger partial charge >= 0.3 is 0 Å². The smallest absolute Gasteiger partial charge is 0.245 e. The molecule has 2 amide bonds. The fraction of sp³-hybridized carbons (Fsp3) is 0.706. The van der Waals surface area contributed by atoms with E-state index in [1.54, 1.807) is 17.9 Å². The molecule has 0 saturated heterocycles. The van der Waals surface area contributed by atoms with Crippen LogP contribution in [0, 0.1) is 12.3 Å². The predicted molar refractivity (Wildman–Crippen MR) is 87.9 cm³/mol. The molecule has 128 valence electrons. The lowest BCUT2D eigenvalue weighted by molar-refractivity contribution is -0.145. The Balaban J connectivity index is 2.06. The summed E-state index contributed by atoms with van der Waals surface area (Å²) in [5, 5.41) is 6.46. The Morgan fingerprint density at radius 2 is 1.96 bits per heavy atom. The average Bonchev–Trinajstić information content (AvgIpc) is 2.89. The van der Waals surface area contributed by atoms with Crippen molar-refractivity contribution in [2.24, 2.45) is 5.41 Å². The first-order valence-electron chi connectivity index (χ1n) is 8.31. The third-order valence-electron chi connectivity index (χ3n) is 4.13. The highest BCUT2D eigenvalue weighted by Gasteiger charge is 2.33. The second kappa shape index (κ2) is 7.15. The Morgan fingerprint density at radius 3 is 2.48 bits per heavy atom. The molecule has 1 heterocycles. The number of carbonyl (C=O) groups excluding carboxylic acids is 2. The molecule has 0 unspecified atom stereocenters. The van der Waals surface area contributed by atoms with Gasteiger partial charge in [0.1, 0.15) is 12.3 Å². The van der Waals surface area contributed by atoms with Crippen LogP contribution in [0.3, 0.4) is 0 Å². The molecule has 6 nitrogen and oxygen atoms in total. The van der Waals surface area contributed by atoms with Crippen molar-refractivity contribution >= 4 is 17.6 Å². The largest absolute Gasteiger partial charge is 0.360 e. The molecular weight excluding hydrogens is 294 g/mol. The van der Waals surface area contributed by atoms with Crippen LogP contribution in [0.1, 0.15) is 58.6 Å². The third-order valence-corrected chi connectivity index (χ3v) is 4.13. The van der Waals surface area contributed by atoms with Crippen LogP contribution in [0.5, 0.6) is 0 Å². The first-order valence-corrected chi connectivity index (χ1v) is 8.31. The van der Waals surface area contributed by atoms with Crippen molar-refractivity contribution in [3.05, 3.63) is 11.8 Å². The number of hydrogen-bond acceptors (Lipinski definition) is 4. The van der Waals surface area contributed by atoms with Gasteiger partial charge in [0.2, 0.25) is 11.8 Å². The van der Waals surface area contributed by atoms with Crippen LogP contribution in [0.15, 0.2) is 10.6 Å². The van der Waals surface area contributed by atoms with Crippen LogP contribution >= 0.6 is 0 Å². The second-order valence-electron chi connectivity index (χ2n) is 7.35. The maximum Gasteiger partial charge on any atom is 0.245 e. The minimum Gasteiger partial charge on any atom is -0.360 e. The topological polar surface area (TPSA) is 75.4 Å². The minimum atomic E-state index is -0.498. The van der Waals surface area contributed by atoms with Gasteiger partial charge < -0.3 is 14.7 Å². The van der Waals surface area contributed by atoms with Crippen molar-refractivity contribution in [1.29, 1.82) is 0 Å². The standard InChI is InChI=1S/C17H27N3O3/c1-12-10-14(19-23-12)18-15(21)11-20(16(22)17(2,3)4)13-8-6-5-7-9-13/h10,13H,5-9,11H2,1-4H3,(H,18,19,21). The molecule has 1 aliphatic rings. The Bertz CT molecular complexity index is 554. The lowest BCUT2D eigenvalue weighted by atomic mass is 9.89. The molecular formula is C17H27N3O3. The van der Waals surface area contributed by atoms with E-state index in [9.17, 15) is 9.59 Å². The third kappa shape index (κ3) is 4.81. The summed E-state index contributed by atoms with van der Waals surface area (Å²) in [5.41, 5.74) is -0.498. The van der Waals surface area contributed by atoms with E-state index in [4.69, 9.17) is 4.52 Å². The molecule has 23 heavy (non-hydrogen) atoms. The van der Waals surface area contributed by atoms with E-state index in [-0.39, 0.29) is 24.4 Å². The summed E-state index contributed by atoms with van der Waals surface area (Å²) in [6.07, 6.45) is 5.38. The van der Waals surface area contributed by atoms with E-state index < -0.39 is 5.41 Å². The fourth-order valence-electron chi connectivity index (χ4n) is 2.95. The van der Waals surface area contributed by atoms with Gasteiger partial charge in [0, 0.05) is 17.5 Å². The summed E-state index contributed by atoms with van der Waals surface area (Å²) in [7, 11) is 0. The summed E-state index contributed by atoms with van der Waals surface area (Å²) in [6, 6.07) is 1.81. The summed E-state index contributed by atoms with van der Waals surface area (Å²) in [6.45, 7) is 7.50. The van der Waals surface area contributed by atoms with Crippen LogP contribution in [-0.2, 0) is 9.59 Å². The van der Waals surface area contributed by atoms with Crippen molar-refractivity contribution in [3.8, 4) is 0 Å². The molecule has 6 heteroatoms. The molecule has 1 aromatic heterocycles. The zero-order valence-corrected chi connectivity index (χ0v) is 14.5. The van der Waals surface area contributed by atoms with Crippen molar-refractivity contribution < 1.29 is 14.1 Å². The van der Waals surface area contributed by atoms with Gasteiger partial charge in [-0.15, -0.1) is 0 Å². The van der Waals surface area contributed by atoms with E-state index in [1.807, 2.05) is 20.8 Å². The van der Waals surface area contributed by atoms with E-state index >= 15 is 0 Å². The number of carbonyl (C=O) groups is 2. The molecule has 2 rings (SSSR count). The first kappa shape index (κ1) is 17.5. The fourth-order valence-corrected chi connectivity index (χ4v) is 2.95. The van der Waals surface area contributed by atoms with E-state index in [0.29, 0.717) is 11.6 Å². The zero-order chi connectivity index (χ0) is 17.0. The van der Waals surface area contributed by atoms with Gasteiger partial charge in [0.05, 0.1) is 0 Å². The Kier molecular flexibility index (Phi) is 5.44. The summed E-state index contributed by atoms with van der Waals surface area (Å²) < 4.78 is 4.94. The highest BCUT2D eigenvalue weighted by atomic mass is 16.5. The van der Waals surface area contributed by atoms with E-state index in [0.717, 1.165) is 25.7 Å². The average molecular weight is 321 g/mol. The lowest BCUT2D eigenvalue weighted by Gasteiger charge is -2.37. The van der Waals surface area contributed by atoms with Gasteiger partial charge in [0.15, 0.2) is 5.82 Å². The maximum atomic E-state index is 12.8. The highest BCUT2D eigenvalue weighted by Crippen LogP contribution is 2.27. The van der Waals surface area contributed by atoms with Crippen LogP contribution in [0.25, 0.3) is 0 Å². The van der Waals surface area contributed by atoms with Gasteiger partial charge in [-0.05, 0) is 19.8 Å². The maximum absolute atomic E-state index is 12.8. The second-order valence-corrected chi connectivity index (χ2v) is 7.35. The molecule has 1 aromatic rings. The molecule has 1 fully saturated rings. The highest BCUT2D eigenvalue weighted by molar-refractivity contribution is 5.94. The lowest BCUT2D eigenvalue weighted by Crippen LogP contribution is -2.49. The van der Waals surface area contributed by atoms with Crippen molar-refractivity contribution in [2.45, 2.75) is 65.8 Å². The first-order chi connectivity index (χ1) is 10.8. The number of nitrogens with zero attached hydrogens (tertiary/aromatic N) is 2. The molecule has 0 bridgehead atoms. The summed E-state index contributed by atoms with van der Waals surface area (Å²) in [5.74, 6) is 0.812. The molecule has 0 spiro atoms. The van der Waals surface area contributed by atoms with Crippen LogP contribution in [0.4, 0.5) is 5.82 Å². The van der Waals surface area contributed by atoms with Crippen molar-refractivity contribution in [2.75, 3.05) is 11.9 Å². The summed E-state index contributed by atoms with van der Waals surface area (Å²) in [4.78, 5) is 26.8. The molecule has 1 aliphatic carbocycles.